The molecule has 0 spiro atoms. The van der Waals surface area contributed by atoms with Gasteiger partial charge < -0.3 is 14.6 Å². The quantitative estimate of drug-likeness (QED) is 0.365. The zero-order valence-electron chi connectivity index (χ0n) is 16.8. The SMILES string of the molecule is COC(=O)c1ccc2c(c1)c1c(n2CCCNc2cc(C)nc(Cl)n2)CCCC1. The van der Waals surface area contributed by atoms with Gasteiger partial charge >= 0.3 is 5.97 Å². The topological polar surface area (TPSA) is 69.0 Å². The Kier molecular flexibility index (Phi) is 5.72. The number of aromatic nitrogens is 3. The Morgan fingerprint density at radius 1 is 1.24 bits per heavy atom. The first kappa shape index (κ1) is 19.7. The van der Waals surface area contributed by atoms with Crippen molar-refractivity contribution in [2.45, 2.75) is 45.6 Å². The van der Waals surface area contributed by atoms with Crippen LogP contribution in [0, 0.1) is 6.92 Å². The fourth-order valence-electron chi connectivity index (χ4n) is 4.21. The minimum Gasteiger partial charge on any atom is -0.465 e. The molecular weight excluding hydrogens is 388 g/mol. The molecule has 0 atom stereocenters. The van der Waals surface area contributed by atoms with Gasteiger partial charge in [0, 0.05) is 41.4 Å². The molecule has 2 heterocycles. The van der Waals surface area contributed by atoms with Crippen molar-refractivity contribution in [2.24, 2.45) is 0 Å². The molecule has 6 nitrogen and oxygen atoms in total. The molecule has 0 saturated carbocycles. The number of nitrogens with zero attached hydrogens (tertiary/aromatic N) is 3. The van der Waals surface area contributed by atoms with Crippen LogP contribution >= 0.6 is 11.6 Å². The molecule has 1 N–H and O–H groups in total. The Hall–Kier alpha value is -2.60. The van der Waals surface area contributed by atoms with Crippen molar-refractivity contribution in [1.29, 1.82) is 0 Å². The average molecular weight is 413 g/mol. The minimum absolute atomic E-state index is 0.263. The number of benzene rings is 1. The Morgan fingerprint density at radius 2 is 2.07 bits per heavy atom. The molecule has 0 saturated heterocycles. The molecule has 29 heavy (non-hydrogen) atoms. The number of halogens is 1. The van der Waals surface area contributed by atoms with E-state index in [1.165, 1.54) is 42.1 Å². The number of esters is 1. The van der Waals surface area contributed by atoms with Crippen LogP contribution in [0.3, 0.4) is 0 Å². The third-order valence-corrected chi connectivity index (χ3v) is 5.66. The molecule has 1 aliphatic carbocycles. The summed E-state index contributed by atoms with van der Waals surface area (Å²) in [4.78, 5) is 20.3. The number of carbonyl (C=O) groups is 1. The van der Waals surface area contributed by atoms with Gasteiger partial charge in [-0.25, -0.2) is 14.8 Å². The molecular formula is C22H25ClN4O2. The van der Waals surface area contributed by atoms with Gasteiger partial charge in [-0.1, -0.05) is 0 Å². The van der Waals surface area contributed by atoms with E-state index in [-0.39, 0.29) is 11.3 Å². The van der Waals surface area contributed by atoms with Crippen molar-refractivity contribution < 1.29 is 9.53 Å². The zero-order valence-corrected chi connectivity index (χ0v) is 17.6. The summed E-state index contributed by atoms with van der Waals surface area (Å²) in [6.45, 7) is 3.61. The van der Waals surface area contributed by atoms with Gasteiger partial charge in [0.2, 0.25) is 5.28 Å². The predicted molar refractivity (Wildman–Crippen MR) is 115 cm³/mol. The largest absolute Gasteiger partial charge is 0.465 e. The maximum atomic E-state index is 12.0. The van der Waals surface area contributed by atoms with Gasteiger partial charge in [-0.2, -0.15) is 0 Å². The van der Waals surface area contributed by atoms with Crippen LogP contribution in [-0.4, -0.2) is 34.2 Å². The van der Waals surface area contributed by atoms with E-state index >= 15 is 0 Å². The van der Waals surface area contributed by atoms with E-state index in [0.717, 1.165) is 43.9 Å². The first-order valence-electron chi connectivity index (χ1n) is 10.0. The van der Waals surface area contributed by atoms with Gasteiger partial charge in [0.1, 0.15) is 5.82 Å². The summed E-state index contributed by atoms with van der Waals surface area (Å²) < 4.78 is 7.32. The van der Waals surface area contributed by atoms with Gasteiger partial charge in [-0.05, 0) is 74.4 Å². The number of fused-ring (bicyclic) bond motifs is 3. The van der Waals surface area contributed by atoms with E-state index < -0.39 is 0 Å². The summed E-state index contributed by atoms with van der Waals surface area (Å²) in [6, 6.07) is 7.81. The number of hydrogen-bond acceptors (Lipinski definition) is 5. The first-order chi connectivity index (χ1) is 14.1. The molecule has 7 heteroatoms. The van der Waals surface area contributed by atoms with Crippen LogP contribution in [0.25, 0.3) is 10.9 Å². The zero-order chi connectivity index (χ0) is 20.4. The maximum Gasteiger partial charge on any atom is 0.337 e. The number of anilines is 1. The molecule has 152 valence electrons. The van der Waals surface area contributed by atoms with Crippen LogP contribution in [0.4, 0.5) is 5.82 Å². The fraction of sp³-hybridized carbons (Fsp3) is 0.409. The van der Waals surface area contributed by atoms with Crippen LogP contribution in [0.2, 0.25) is 5.28 Å². The van der Waals surface area contributed by atoms with Crippen molar-refractivity contribution in [3.8, 4) is 0 Å². The normalized spacial score (nSPS) is 13.3. The molecule has 0 fully saturated rings. The molecule has 2 aromatic heterocycles. The number of methoxy groups -OCH3 is 1. The standard InChI is InChI=1S/C22H25ClN4O2/c1-14-12-20(26-22(23)25-14)24-10-5-11-27-18-7-4-3-6-16(18)17-13-15(21(28)29-2)8-9-19(17)27/h8-9,12-13H,3-7,10-11H2,1-2H3,(H,24,25,26). The summed E-state index contributed by atoms with van der Waals surface area (Å²) in [5.41, 5.74) is 5.46. The molecule has 0 aliphatic heterocycles. The van der Waals surface area contributed by atoms with Gasteiger partial charge in [-0.3, -0.25) is 0 Å². The fourth-order valence-corrected chi connectivity index (χ4v) is 4.44. The van der Waals surface area contributed by atoms with E-state index in [1.54, 1.807) is 0 Å². The van der Waals surface area contributed by atoms with Crippen LogP contribution in [0.5, 0.6) is 0 Å². The van der Waals surface area contributed by atoms with Gasteiger partial charge in [0.25, 0.3) is 0 Å². The Morgan fingerprint density at radius 3 is 2.86 bits per heavy atom. The van der Waals surface area contributed by atoms with Gasteiger partial charge in [0.05, 0.1) is 12.7 Å². The lowest BCUT2D eigenvalue weighted by molar-refractivity contribution is 0.0601. The molecule has 3 aromatic rings. The minimum atomic E-state index is -0.285. The van der Waals surface area contributed by atoms with Gasteiger partial charge in [-0.15, -0.1) is 0 Å². The predicted octanol–water partition coefficient (Wildman–Crippen LogP) is 4.56. The van der Waals surface area contributed by atoms with Crippen LogP contribution in [0.1, 0.15) is 46.6 Å². The number of nitrogens with one attached hydrogen (secondary N) is 1. The second-order valence-electron chi connectivity index (χ2n) is 7.45. The maximum absolute atomic E-state index is 12.0. The number of rotatable bonds is 6. The number of ether oxygens (including phenoxy) is 1. The third-order valence-electron chi connectivity index (χ3n) is 5.49. The van der Waals surface area contributed by atoms with Gasteiger partial charge in [0.15, 0.2) is 0 Å². The third kappa shape index (κ3) is 4.08. The van der Waals surface area contributed by atoms with E-state index in [0.29, 0.717) is 5.56 Å². The summed E-state index contributed by atoms with van der Waals surface area (Å²) in [6.07, 6.45) is 5.52. The smallest absolute Gasteiger partial charge is 0.337 e. The molecule has 0 amide bonds. The van der Waals surface area contributed by atoms with Crippen molar-refractivity contribution in [1.82, 2.24) is 14.5 Å². The highest BCUT2D eigenvalue weighted by molar-refractivity contribution is 6.28. The summed E-state index contributed by atoms with van der Waals surface area (Å²) >= 11 is 5.94. The van der Waals surface area contributed by atoms with Crippen molar-refractivity contribution in [3.05, 3.63) is 52.1 Å². The van der Waals surface area contributed by atoms with E-state index in [1.807, 2.05) is 25.1 Å². The van der Waals surface area contributed by atoms with Crippen LogP contribution in [-0.2, 0) is 24.1 Å². The van der Waals surface area contributed by atoms with Crippen LogP contribution < -0.4 is 5.32 Å². The van der Waals surface area contributed by atoms with E-state index in [2.05, 4.69) is 25.9 Å². The molecule has 4 rings (SSSR count). The highest BCUT2D eigenvalue weighted by Gasteiger charge is 2.21. The second kappa shape index (κ2) is 8.41. The molecule has 1 aliphatic rings. The van der Waals surface area contributed by atoms with E-state index in [4.69, 9.17) is 16.3 Å². The Labute approximate surface area is 175 Å². The molecule has 0 unspecified atom stereocenters. The van der Waals surface area contributed by atoms with Crippen LogP contribution in [0.15, 0.2) is 24.3 Å². The Balaban J connectivity index is 1.54. The highest BCUT2D eigenvalue weighted by Crippen LogP contribution is 2.33. The van der Waals surface area contributed by atoms with Crippen molar-refractivity contribution in [3.63, 3.8) is 0 Å². The lowest BCUT2D eigenvalue weighted by atomic mass is 9.95. The monoisotopic (exact) mass is 412 g/mol. The number of hydrogen-bond donors (Lipinski definition) is 1. The van der Waals surface area contributed by atoms with E-state index in [9.17, 15) is 4.79 Å². The first-order valence-corrected chi connectivity index (χ1v) is 10.4. The highest BCUT2D eigenvalue weighted by atomic mass is 35.5. The van der Waals surface area contributed by atoms with Crippen molar-refractivity contribution >= 4 is 34.3 Å². The Bertz CT molecular complexity index is 1040. The molecule has 0 radical (unpaired) electrons. The number of aryl methyl sites for hydroxylation is 3. The lowest BCUT2D eigenvalue weighted by Crippen LogP contribution is -2.12. The van der Waals surface area contributed by atoms with Crippen molar-refractivity contribution in [2.75, 3.05) is 19.0 Å². The molecule has 1 aromatic carbocycles. The molecule has 0 bridgehead atoms. The second-order valence-corrected chi connectivity index (χ2v) is 7.79. The number of carbonyl (C=O) groups excluding carboxylic acids is 1. The summed E-state index contributed by atoms with van der Waals surface area (Å²) in [7, 11) is 1.42. The summed E-state index contributed by atoms with van der Waals surface area (Å²) in [5, 5.41) is 4.79. The average Bonchev–Trinajstić information content (AvgIpc) is 3.03. The lowest BCUT2D eigenvalue weighted by Gasteiger charge is -2.16. The summed E-state index contributed by atoms with van der Waals surface area (Å²) in [5.74, 6) is 0.469.